The van der Waals surface area contributed by atoms with Crippen molar-refractivity contribution in [3.8, 4) is 0 Å². The van der Waals surface area contributed by atoms with Gasteiger partial charge in [-0.05, 0) is 49.4 Å². The standard InChI is InChI=1S/C19H25NS/c1-15-13-16(14-21-15)18(20-2)19(11-7-4-8-12-19)17-9-5-3-6-10-17/h3,5-6,9-10,13-14,18,20H,4,7-8,11-12H2,1-2H3. The summed E-state index contributed by atoms with van der Waals surface area (Å²) in [4.78, 5) is 1.41. The van der Waals surface area contributed by atoms with E-state index in [2.05, 4.69) is 61.1 Å². The highest BCUT2D eigenvalue weighted by molar-refractivity contribution is 7.10. The van der Waals surface area contributed by atoms with Crippen molar-refractivity contribution in [3.05, 3.63) is 57.8 Å². The molecule has 0 spiro atoms. The molecule has 2 heteroatoms. The summed E-state index contributed by atoms with van der Waals surface area (Å²) in [7, 11) is 2.12. The Labute approximate surface area is 132 Å². The van der Waals surface area contributed by atoms with Gasteiger partial charge in [0.2, 0.25) is 0 Å². The van der Waals surface area contributed by atoms with E-state index in [9.17, 15) is 0 Å². The van der Waals surface area contributed by atoms with E-state index < -0.39 is 0 Å². The summed E-state index contributed by atoms with van der Waals surface area (Å²) in [6.45, 7) is 2.21. The summed E-state index contributed by atoms with van der Waals surface area (Å²) in [5.74, 6) is 0. The predicted octanol–water partition coefficient (Wildman–Crippen LogP) is 5.22. The number of thiophene rings is 1. The molecule has 1 heterocycles. The Morgan fingerprint density at radius 2 is 1.81 bits per heavy atom. The minimum absolute atomic E-state index is 0.252. The summed E-state index contributed by atoms with van der Waals surface area (Å²) in [5.41, 5.74) is 3.22. The largest absolute Gasteiger partial charge is 0.312 e. The minimum atomic E-state index is 0.252. The SMILES string of the molecule is CNC(c1csc(C)c1)C1(c2ccccc2)CCCCC1. The molecule has 2 aromatic rings. The monoisotopic (exact) mass is 299 g/mol. The second-order valence-corrected chi connectivity index (χ2v) is 7.41. The molecule has 1 aliphatic rings. The van der Waals surface area contributed by atoms with Gasteiger partial charge < -0.3 is 5.32 Å². The number of rotatable bonds is 4. The first-order valence-corrected chi connectivity index (χ1v) is 8.92. The molecule has 0 saturated heterocycles. The summed E-state index contributed by atoms with van der Waals surface area (Å²) in [5, 5.41) is 5.99. The Morgan fingerprint density at radius 1 is 1.10 bits per heavy atom. The highest BCUT2D eigenvalue weighted by Crippen LogP contribution is 2.48. The van der Waals surface area contributed by atoms with E-state index in [1.165, 1.54) is 48.1 Å². The van der Waals surface area contributed by atoms with Gasteiger partial charge in [0.1, 0.15) is 0 Å². The zero-order chi connectivity index (χ0) is 14.7. The van der Waals surface area contributed by atoms with E-state index in [0.717, 1.165) is 0 Å². The number of benzene rings is 1. The van der Waals surface area contributed by atoms with Crippen LogP contribution in [0.2, 0.25) is 0 Å². The Balaban J connectivity index is 2.05. The molecule has 0 bridgehead atoms. The maximum absolute atomic E-state index is 3.65. The minimum Gasteiger partial charge on any atom is -0.312 e. The van der Waals surface area contributed by atoms with Crippen molar-refractivity contribution < 1.29 is 0 Å². The van der Waals surface area contributed by atoms with Gasteiger partial charge in [0, 0.05) is 16.3 Å². The first kappa shape index (κ1) is 14.8. The Kier molecular flexibility index (Phi) is 4.46. The molecule has 0 amide bonds. The van der Waals surface area contributed by atoms with E-state index in [0.29, 0.717) is 6.04 Å². The molecular weight excluding hydrogens is 274 g/mol. The van der Waals surface area contributed by atoms with Crippen LogP contribution in [0.4, 0.5) is 0 Å². The Morgan fingerprint density at radius 3 is 2.38 bits per heavy atom. The molecule has 112 valence electrons. The van der Waals surface area contributed by atoms with Crippen LogP contribution in [0, 0.1) is 6.92 Å². The highest BCUT2D eigenvalue weighted by Gasteiger charge is 2.41. The van der Waals surface area contributed by atoms with E-state index in [1.807, 2.05) is 11.3 Å². The molecule has 1 fully saturated rings. The van der Waals surface area contributed by atoms with Gasteiger partial charge in [-0.1, -0.05) is 49.6 Å². The third kappa shape index (κ3) is 2.79. The molecule has 3 rings (SSSR count). The number of aryl methyl sites for hydroxylation is 1. The van der Waals surface area contributed by atoms with Gasteiger partial charge in [-0.3, -0.25) is 0 Å². The maximum atomic E-state index is 3.65. The lowest BCUT2D eigenvalue weighted by Gasteiger charge is -2.44. The average molecular weight is 299 g/mol. The zero-order valence-corrected chi connectivity index (χ0v) is 13.9. The third-order valence-corrected chi connectivity index (χ3v) is 5.90. The fourth-order valence-electron chi connectivity index (χ4n) is 4.07. The van der Waals surface area contributed by atoms with E-state index >= 15 is 0 Å². The van der Waals surface area contributed by atoms with Crippen molar-refractivity contribution in [2.45, 2.75) is 50.5 Å². The lowest BCUT2D eigenvalue weighted by Crippen LogP contribution is -2.42. The van der Waals surface area contributed by atoms with Crippen molar-refractivity contribution in [2.24, 2.45) is 0 Å². The highest BCUT2D eigenvalue weighted by atomic mass is 32.1. The van der Waals surface area contributed by atoms with Gasteiger partial charge in [0.25, 0.3) is 0 Å². The number of hydrogen-bond donors (Lipinski definition) is 1. The van der Waals surface area contributed by atoms with Gasteiger partial charge in [-0.2, -0.15) is 0 Å². The third-order valence-electron chi connectivity index (χ3n) is 5.02. The lowest BCUT2D eigenvalue weighted by atomic mass is 9.63. The van der Waals surface area contributed by atoms with Crippen LogP contribution < -0.4 is 5.32 Å². The molecule has 1 aliphatic carbocycles. The van der Waals surface area contributed by atoms with Crippen LogP contribution in [-0.4, -0.2) is 7.05 Å². The van der Waals surface area contributed by atoms with Crippen LogP contribution in [0.25, 0.3) is 0 Å². The Bertz CT molecular complexity index is 566. The average Bonchev–Trinajstić information content (AvgIpc) is 2.96. The maximum Gasteiger partial charge on any atom is 0.0424 e. The van der Waals surface area contributed by atoms with E-state index in [4.69, 9.17) is 0 Å². The van der Waals surface area contributed by atoms with Crippen LogP contribution in [0.1, 0.15) is 54.1 Å². The Hall–Kier alpha value is -1.12. The molecule has 1 aromatic carbocycles. The molecule has 1 unspecified atom stereocenters. The fraction of sp³-hybridized carbons (Fsp3) is 0.474. The smallest absolute Gasteiger partial charge is 0.0424 e. The molecule has 1 aromatic heterocycles. The van der Waals surface area contributed by atoms with Crippen LogP contribution in [-0.2, 0) is 5.41 Å². The topological polar surface area (TPSA) is 12.0 Å². The van der Waals surface area contributed by atoms with Crippen LogP contribution in [0.5, 0.6) is 0 Å². The molecule has 1 saturated carbocycles. The molecule has 21 heavy (non-hydrogen) atoms. The molecule has 1 atom stereocenters. The van der Waals surface area contributed by atoms with Crippen LogP contribution in [0.3, 0.4) is 0 Å². The second kappa shape index (κ2) is 6.33. The molecule has 0 radical (unpaired) electrons. The summed E-state index contributed by atoms with van der Waals surface area (Å²) >= 11 is 1.87. The summed E-state index contributed by atoms with van der Waals surface area (Å²) in [6, 6.07) is 14.0. The van der Waals surface area contributed by atoms with Crippen molar-refractivity contribution in [2.75, 3.05) is 7.05 Å². The molecule has 1 nitrogen and oxygen atoms in total. The molecular formula is C19H25NS. The van der Waals surface area contributed by atoms with Crippen molar-refractivity contribution in [3.63, 3.8) is 0 Å². The molecule has 0 aliphatic heterocycles. The van der Waals surface area contributed by atoms with E-state index in [1.54, 1.807) is 0 Å². The number of hydrogen-bond acceptors (Lipinski definition) is 2. The quantitative estimate of drug-likeness (QED) is 0.816. The number of nitrogens with one attached hydrogen (secondary N) is 1. The van der Waals surface area contributed by atoms with Gasteiger partial charge >= 0.3 is 0 Å². The lowest BCUT2D eigenvalue weighted by molar-refractivity contribution is 0.221. The molecule has 1 N–H and O–H groups in total. The van der Waals surface area contributed by atoms with Crippen molar-refractivity contribution in [1.82, 2.24) is 5.32 Å². The van der Waals surface area contributed by atoms with Crippen molar-refractivity contribution in [1.29, 1.82) is 0 Å². The van der Waals surface area contributed by atoms with Crippen molar-refractivity contribution >= 4 is 11.3 Å². The van der Waals surface area contributed by atoms with Crippen LogP contribution >= 0.6 is 11.3 Å². The first-order valence-electron chi connectivity index (χ1n) is 8.04. The van der Waals surface area contributed by atoms with Gasteiger partial charge in [-0.15, -0.1) is 11.3 Å². The number of likely N-dealkylation sites (N-methyl/N-ethyl adjacent to an activating group) is 1. The summed E-state index contributed by atoms with van der Waals surface area (Å²) in [6.07, 6.45) is 6.65. The van der Waals surface area contributed by atoms with Gasteiger partial charge in [-0.25, -0.2) is 0 Å². The normalized spacial score (nSPS) is 19.3. The van der Waals surface area contributed by atoms with E-state index in [-0.39, 0.29) is 5.41 Å². The van der Waals surface area contributed by atoms with Gasteiger partial charge in [0.15, 0.2) is 0 Å². The van der Waals surface area contributed by atoms with Crippen LogP contribution in [0.15, 0.2) is 41.8 Å². The second-order valence-electron chi connectivity index (χ2n) is 6.30. The first-order chi connectivity index (χ1) is 10.3. The fourth-order valence-corrected chi connectivity index (χ4v) is 4.80. The zero-order valence-electron chi connectivity index (χ0n) is 13.1. The van der Waals surface area contributed by atoms with Gasteiger partial charge in [0.05, 0.1) is 0 Å². The predicted molar refractivity (Wildman–Crippen MR) is 92.1 cm³/mol. The summed E-state index contributed by atoms with van der Waals surface area (Å²) < 4.78 is 0.